The summed E-state index contributed by atoms with van der Waals surface area (Å²) in [4.78, 5) is 29.0. The summed E-state index contributed by atoms with van der Waals surface area (Å²) in [6, 6.07) is 11.9. The number of benzene rings is 1. The Labute approximate surface area is 190 Å². The second-order valence-corrected chi connectivity index (χ2v) is 9.96. The summed E-state index contributed by atoms with van der Waals surface area (Å²) in [6.07, 6.45) is 2.83. The molecule has 0 saturated carbocycles. The predicted molar refractivity (Wildman–Crippen MR) is 125 cm³/mol. The van der Waals surface area contributed by atoms with Crippen LogP contribution in [0.2, 0.25) is 0 Å². The van der Waals surface area contributed by atoms with E-state index in [9.17, 15) is 9.59 Å². The number of rotatable bonds is 5. The quantitative estimate of drug-likeness (QED) is 0.746. The highest BCUT2D eigenvalue weighted by molar-refractivity contribution is 6.01. The van der Waals surface area contributed by atoms with Gasteiger partial charge in [0.1, 0.15) is 5.69 Å². The molecule has 1 aromatic carbocycles. The van der Waals surface area contributed by atoms with Crippen LogP contribution < -0.4 is 5.32 Å². The van der Waals surface area contributed by atoms with Crippen LogP contribution >= 0.6 is 0 Å². The Morgan fingerprint density at radius 1 is 1.19 bits per heavy atom. The van der Waals surface area contributed by atoms with Crippen molar-refractivity contribution >= 4 is 11.8 Å². The molecule has 2 aromatic rings. The molecule has 2 aliphatic heterocycles. The van der Waals surface area contributed by atoms with Gasteiger partial charge in [-0.3, -0.25) is 9.59 Å². The zero-order valence-corrected chi connectivity index (χ0v) is 19.7. The fourth-order valence-corrected chi connectivity index (χ4v) is 5.10. The molecule has 1 saturated heterocycles. The summed E-state index contributed by atoms with van der Waals surface area (Å²) < 4.78 is 7.67. The molecule has 172 valence electrons. The Morgan fingerprint density at radius 2 is 1.94 bits per heavy atom. The van der Waals surface area contributed by atoms with E-state index in [1.54, 1.807) is 6.07 Å². The average molecular weight is 438 g/mol. The molecule has 2 amide bonds. The zero-order chi connectivity index (χ0) is 22.9. The number of aromatic nitrogens is 1. The molecule has 4 rings (SSSR count). The van der Waals surface area contributed by atoms with Crippen LogP contribution in [0, 0.1) is 5.41 Å². The normalized spacial score (nSPS) is 19.5. The summed E-state index contributed by atoms with van der Waals surface area (Å²) in [7, 11) is 0. The van der Waals surface area contributed by atoms with E-state index in [2.05, 4.69) is 33.0 Å². The topological polar surface area (TPSA) is 63.6 Å². The van der Waals surface area contributed by atoms with Gasteiger partial charge in [-0.05, 0) is 36.3 Å². The van der Waals surface area contributed by atoms with Crippen LogP contribution in [0.1, 0.15) is 85.1 Å². The summed E-state index contributed by atoms with van der Waals surface area (Å²) in [6.45, 7) is 10.9. The van der Waals surface area contributed by atoms with E-state index < -0.39 is 0 Å². The molecule has 2 unspecified atom stereocenters. The number of nitrogens with zero attached hydrogens (tertiary/aromatic N) is 2. The first-order chi connectivity index (χ1) is 15.3. The number of amides is 2. The van der Waals surface area contributed by atoms with Crippen molar-refractivity contribution in [1.29, 1.82) is 0 Å². The lowest BCUT2D eigenvalue weighted by Crippen LogP contribution is -2.43. The largest absolute Gasteiger partial charge is 0.373 e. The van der Waals surface area contributed by atoms with Gasteiger partial charge in [0.25, 0.3) is 11.8 Å². The van der Waals surface area contributed by atoms with E-state index >= 15 is 0 Å². The minimum atomic E-state index is -0.150. The number of ether oxygens (including phenoxy) is 1. The van der Waals surface area contributed by atoms with Crippen molar-refractivity contribution in [1.82, 2.24) is 14.8 Å². The number of hydrogen-bond donors (Lipinski definition) is 1. The smallest absolute Gasteiger partial charge is 0.270 e. The Hall–Kier alpha value is -2.60. The number of likely N-dealkylation sites (tertiary alicyclic amines) is 1. The van der Waals surface area contributed by atoms with E-state index in [-0.39, 0.29) is 29.3 Å². The van der Waals surface area contributed by atoms with Crippen molar-refractivity contribution in [2.24, 2.45) is 5.41 Å². The second-order valence-electron chi connectivity index (χ2n) is 9.96. The van der Waals surface area contributed by atoms with Crippen LogP contribution in [0.4, 0.5) is 0 Å². The van der Waals surface area contributed by atoms with Crippen molar-refractivity contribution in [2.45, 2.75) is 72.2 Å². The molecule has 6 heteroatoms. The summed E-state index contributed by atoms with van der Waals surface area (Å²) in [5.74, 6) is -0.123. The molecule has 1 N–H and O–H groups in total. The first kappa shape index (κ1) is 22.6. The highest BCUT2D eigenvalue weighted by atomic mass is 16.5. The van der Waals surface area contributed by atoms with E-state index in [0.717, 1.165) is 37.1 Å². The van der Waals surface area contributed by atoms with Gasteiger partial charge in [-0.25, -0.2) is 0 Å². The van der Waals surface area contributed by atoms with Gasteiger partial charge in [-0.2, -0.15) is 0 Å². The van der Waals surface area contributed by atoms with E-state index in [0.29, 0.717) is 31.0 Å². The summed E-state index contributed by atoms with van der Waals surface area (Å²) in [5, 5.41) is 3.17. The van der Waals surface area contributed by atoms with Crippen molar-refractivity contribution < 1.29 is 14.3 Å². The van der Waals surface area contributed by atoms with Gasteiger partial charge < -0.3 is 19.5 Å². The monoisotopic (exact) mass is 437 g/mol. The van der Waals surface area contributed by atoms with Crippen LogP contribution in [-0.4, -0.2) is 40.5 Å². The molecule has 2 aliphatic rings. The third kappa shape index (κ3) is 4.33. The van der Waals surface area contributed by atoms with Crippen LogP contribution in [0.5, 0.6) is 0 Å². The summed E-state index contributed by atoms with van der Waals surface area (Å²) in [5.41, 5.74) is 3.06. The first-order valence-corrected chi connectivity index (χ1v) is 11.8. The molecule has 3 heterocycles. The van der Waals surface area contributed by atoms with Gasteiger partial charge >= 0.3 is 0 Å². The van der Waals surface area contributed by atoms with Gasteiger partial charge in [-0.1, -0.05) is 58.0 Å². The van der Waals surface area contributed by atoms with Crippen molar-refractivity contribution in [3.05, 3.63) is 58.9 Å². The lowest BCUT2D eigenvalue weighted by Gasteiger charge is -2.35. The van der Waals surface area contributed by atoms with Crippen LogP contribution in [-0.2, 0) is 17.9 Å². The van der Waals surface area contributed by atoms with Crippen molar-refractivity contribution in [2.75, 3.05) is 13.2 Å². The maximum Gasteiger partial charge on any atom is 0.270 e. The maximum atomic E-state index is 13.6. The highest BCUT2D eigenvalue weighted by Crippen LogP contribution is 2.34. The second kappa shape index (κ2) is 9.10. The molecule has 2 atom stereocenters. The Bertz CT molecular complexity index is 974. The highest BCUT2D eigenvalue weighted by Gasteiger charge is 2.39. The lowest BCUT2D eigenvalue weighted by atomic mass is 9.85. The van der Waals surface area contributed by atoms with Gasteiger partial charge in [-0.15, -0.1) is 0 Å². The van der Waals surface area contributed by atoms with Crippen molar-refractivity contribution in [3.63, 3.8) is 0 Å². The molecule has 0 bridgehead atoms. The maximum absolute atomic E-state index is 13.6. The van der Waals surface area contributed by atoms with Crippen LogP contribution in [0.25, 0.3) is 0 Å². The Morgan fingerprint density at radius 3 is 2.62 bits per heavy atom. The SMILES string of the molecule is CCC(NC(=O)c1cc(C(=O)N2CCCC2C(C)(C)C)n2c1COCC2)c1ccccc1. The van der Waals surface area contributed by atoms with Gasteiger partial charge in [0, 0.05) is 19.1 Å². The molecule has 0 spiro atoms. The van der Waals surface area contributed by atoms with Crippen LogP contribution in [0.15, 0.2) is 36.4 Å². The van der Waals surface area contributed by atoms with Crippen molar-refractivity contribution in [3.8, 4) is 0 Å². The van der Waals surface area contributed by atoms with E-state index in [1.807, 2.05) is 39.8 Å². The number of fused-ring (bicyclic) bond motifs is 1. The molecule has 32 heavy (non-hydrogen) atoms. The minimum absolute atomic E-state index is 0.0246. The Kier molecular flexibility index (Phi) is 6.42. The third-order valence-electron chi connectivity index (χ3n) is 6.80. The number of hydrogen-bond acceptors (Lipinski definition) is 3. The fourth-order valence-electron chi connectivity index (χ4n) is 5.10. The van der Waals surface area contributed by atoms with Gasteiger partial charge in [0.2, 0.25) is 0 Å². The molecule has 0 radical (unpaired) electrons. The molecule has 6 nitrogen and oxygen atoms in total. The molecular formula is C26H35N3O3. The van der Waals surface area contributed by atoms with E-state index in [4.69, 9.17) is 4.74 Å². The van der Waals surface area contributed by atoms with E-state index in [1.165, 1.54) is 0 Å². The number of carbonyl (C=O) groups is 2. The molecular weight excluding hydrogens is 402 g/mol. The molecule has 1 fully saturated rings. The molecule has 1 aromatic heterocycles. The minimum Gasteiger partial charge on any atom is -0.373 e. The number of carbonyl (C=O) groups excluding carboxylic acids is 2. The third-order valence-corrected chi connectivity index (χ3v) is 6.80. The van der Waals surface area contributed by atoms with Crippen LogP contribution in [0.3, 0.4) is 0 Å². The lowest BCUT2D eigenvalue weighted by molar-refractivity contribution is 0.0585. The fraction of sp³-hybridized carbons (Fsp3) is 0.538. The molecule has 0 aliphatic carbocycles. The number of nitrogens with one attached hydrogen (secondary N) is 1. The standard InChI is InChI=1S/C26H35N3O3/c1-5-20(18-10-7-6-8-11-18)27-24(30)19-16-21(28-14-15-32-17-22(19)28)25(31)29-13-9-12-23(29)26(2,3)4/h6-8,10-11,16,20,23H,5,9,12-15,17H2,1-4H3,(H,27,30). The zero-order valence-electron chi connectivity index (χ0n) is 19.7. The predicted octanol–water partition coefficient (Wildman–Crippen LogP) is 4.55. The first-order valence-electron chi connectivity index (χ1n) is 11.8. The summed E-state index contributed by atoms with van der Waals surface area (Å²) >= 11 is 0. The van der Waals surface area contributed by atoms with Gasteiger partial charge in [0.15, 0.2) is 0 Å². The Balaban J connectivity index is 1.63. The average Bonchev–Trinajstić information content (AvgIpc) is 3.43. The van der Waals surface area contributed by atoms with Gasteiger partial charge in [0.05, 0.1) is 30.5 Å².